The van der Waals surface area contributed by atoms with Crippen LogP contribution in [0.4, 0.5) is 17.5 Å². The molecule has 0 spiro atoms. The molecule has 3 heterocycles. The minimum Gasteiger partial charge on any atom is -0.368 e. The molecular weight excluding hydrogens is 248 g/mol. The van der Waals surface area contributed by atoms with Gasteiger partial charge >= 0.3 is 5.69 Å². The van der Waals surface area contributed by atoms with Crippen molar-refractivity contribution in [2.75, 3.05) is 24.1 Å². The van der Waals surface area contributed by atoms with E-state index in [0.29, 0.717) is 6.04 Å². The summed E-state index contributed by atoms with van der Waals surface area (Å²) in [4.78, 5) is 20.6. The molecule has 1 aromatic rings. The summed E-state index contributed by atoms with van der Waals surface area (Å²) in [6, 6.07) is 0.659. The molecule has 2 saturated heterocycles. The molecular formula is C11H16N6O2. The number of fused-ring (bicyclic) bond motifs is 1. The summed E-state index contributed by atoms with van der Waals surface area (Å²) in [7, 11) is 0. The molecule has 2 atom stereocenters. The van der Waals surface area contributed by atoms with E-state index in [1.807, 2.05) is 0 Å². The maximum absolute atomic E-state index is 11.0. The Morgan fingerprint density at radius 3 is 3.11 bits per heavy atom. The van der Waals surface area contributed by atoms with Gasteiger partial charge in [0.1, 0.15) is 6.20 Å². The van der Waals surface area contributed by atoms with Gasteiger partial charge < -0.3 is 11.1 Å². The Kier molecular flexibility index (Phi) is 2.94. The summed E-state index contributed by atoms with van der Waals surface area (Å²) in [5.74, 6) is 0.283. The second-order valence-corrected chi connectivity index (χ2v) is 5.00. The molecule has 0 radical (unpaired) electrons. The molecule has 2 aliphatic rings. The molecule has 0 amide bonds. The fourth-order valence-corrected chi connectivity index (χ4v) is 3.06. The van der Waals surface area contributed by atoms with E-state index >= 15 is 0 Å². The van der Waals surface area contributed by atoms with E-state index in [-0.39, 0.29) is 23.5 Å². The fraction of sp³-hybridized carbons (Fsp3) is 0.636. The topological polar surface area (TPSA) is 110 Å². The first-order valence-electron chi connectivity index (χ1n) is 6.42. The van der Waals surface area contributed by atoms with Gasteiger partial charge in [-0.2, -0.15) is 4.98 Å². The Bertz CT molecular complexity index is 508. The highest BCUT2D eigenvalue weighted by molar-refractivity contribution is 5.57. The van der Waals surface area contributed by atoms with Crippen molar-refractivity contribution in [3.8, 4) is 0 Å². The highest BCUT2D eigenvalue weighted by Gasteiger charge is 2.38. The van der Waals surface area contributed by atoms with E-state index in [1.54, 1.807) is 0 Å². The van der Waals surface area contributed by atoms with Crippen LogP contribution in [-0.4, -0.2) is 45.0 Å². The largest absolute Gasteiger partial charge is 0.368 e. The van der Waals surface area contributed by atoms with Crippen LogP contribution >= 0.6 is 0 Å². The van der Waals surface area contributed by atoms with Crippen LogP contribution in [0.15, 0.2) is 6.20 Å². The van der Waals surface area contributed by atoms with E-state index < -0.39 is 4.92 Å². The summed E-state index contributed by atoms with van der Waals surface area (Å²) < 4.78 is 0. The first-order chi connectivity index (χ1) is 9.15. The number of nitrogens with one attached hydrogen (secondary N) is 1. The third-order valence-corrected chi connectivity index (χ3v) is 3.91. The number of nitrogens with zero attached hydrogens (tertiary/aromatic N) is 4. The van der Waals surface area contributed by atoms with Gasteiger partial charge in [0.05, 0.1) is 4.92 Å². The molecule has 3 N–H and O–H groups in total. The van der Waals surface area contributed by atoms with E-state index in [9.17, 15) is 10.1 Å². The zero-order valence-electron chi connectivity index (χ0n) is 10.5. The molecule has 2 fully saturated rings. The lowest BCUT2D eigenvalue weighted by atomic mass is 10.1. The highest BCUT2D eigenvalue weighted by atomic mass is 16.6. The number of anilines is 2. The number of nitro groups is 1. The Balaban J connectivity index is 1.83. The Morgan fingerprint density at radius 1 is 1.47 bits per heavy atom. The van der Waals surface area contributed by atoms with E-state index in [0.717, 1.165) is 32.1 Å². The van der Waals surface area contributed by atoms with Gasteiger partial charge in [0.15, 0.2) is 0 Å². The van der Waals surface area contributed by atoms with Gasteiger partial charge in [-0.05, 0) is 25.8 Å². The minimum atomic E-state index is -0.483. The number of hydrogen-bond acceptors (Lipinski definition) is 7. The average Bonchev–Trinajstić information content (AvgIpc) is 2.94. The van der Waals surface area contributed by atoms with Crippen molar-refractivity contribution >= 4 is 17.5 Å². The summed E-state index contributed by atoms with van der Waals surface area (Å²) in [5.41, 5.74) is 5.39. The normalized spacial score (nSPS) is 26.3. The van der Waals surface area contributed by atoms with E-state index in [4.69, 9.17) is 5.73 Å². The standard InChI is InChI=1S/C11H16N6O2/c12-11-13-6-9(17(18)19)10(15-11)14-7-3-5-16-4-1-2-8(7)16/h6-8H,1-5H2,(H3,12,13,14,15). The summed E-state index contributed by atoms with van der Waals surface area (Å²) >= 11 is 0. The van der Waals surface area contributed by atoms with Crippen LogP contribution in [0, 0.1) is 10.1 Å². The molecule has 0 aliphatic carbocycles. The third-order valence-electron chi connectivity index (χ3n) is 3.91. The van der Waals surface area contributed by atoms with E-state index in [2.05, 4.69) is 20.2 Å². The lowest BCUT2D eigenvalue weighted by Crippen LogP contribution is -2.34. The molecule has 1 aromatic heterocycles. The predicted molar refractivity (Wildman–Crippen MR) is 69.7 cm³/mol. The lowest BCUT2D eigenvalue weighted by molar-refractivity contribution is -0.384. The van der Waals surface area contributed by atoms with Crippen molar-refractivity contribution in [3.05, 3.63) is 16.3 Å². The summed E-state index contributed by atoms with van der Waals surface area (Å²) in [5, 5.41) is 14.2. The average molecular weight is 264 g/mol. The lowest BCUT2D eigenvalue weighted by Gasteiger charge is -2.21. The molecule has 3 rings (SSSR count). The van der Waals surface area contributed by atoms with Crippen molar-refractivity contribution in [1.82, 2.24) is 14.9 Å². The van der Waals surface area contributed by atoms with Gasteiger partial charge in [-0.3, -0.25) is 15.0 Å². The van der Waals surface area contributed by atoms with Crippen LogP contribution < -0.4 is 11.1 Å². The molecule has 8 nitrogen and oxygen atoms in total. The van der Waals surface area contributed by atoms with Crippen LogP contribution in [0.1, 0.15) is 19.3 Å². The van der Waals surface area contributed by atoms with Crippen LogP contribution in [0.3, 0.4) is 0 Å². The van der Waals surface area contributed by atoms with Crippen molar-refractivity contribution in [3.63, 3.8) is 0 Å². The molecule has 2 aliphatic heterocycles. The minimum absolute atomic E-state index is 0.0503. The maximum Gasteiger partial charge on any atom is 0.329 e. The van der Waals surface area contributed by atoms with Crippen molar-refractivity contribution in [1.29, 1.82) is 0 Å². The molecule has 0 aromatic carbocycles. The molecule has 2 unspecified atom stereocenters. The first-order valence-corrected chi connectivity index (χ1v) is 6.42. The SMILES string of the molecule is Nc1ncc([N+](=O)[O-])c(NC2CCN3CCCC23)n1. The third kappa shape index (κ3) is 2.19. The quantitative estimate of drug-likeness (QED) is 0.608. The second-order valence-electron chi connectivity index (χ2n) is 5.00. The van der Waals surface area contributed by atoms with Gasteiger partial charge in [0, 0.05) is 18.6 Å². The van der Waals surface area contributed by atoms with Gasteiger partial charge in [-0.15, -0.1) is 0 Å². The predicted octanol–water partition coefficient (Wildman–Crippen LogP) is 0.616. The first kappa shape index (κ1) is 12.1. The van der Waals surface area contributed by atoms with Gasteiger partial charge in [-0.25, -0.2) is 4.98 Å². The van der Waals surface area contributed by atoms with Gasteiger partial charge in [0.2, 0.25) is 11.8 Å². The zero-order valence-corrected chi connectivity index (χ0v) is 10.5. The number of nitrogen functional groups attached to an aromatic ring is 1. The highest BCUT2D eigenvalue weighted by Crippen LogP contribution is 2.31. The van der Waals surface area contributed by atoms with Crippen molar-refractivity contribution in [2.24, 2.45) is 0 Å². The van der Waals surface area contributed by atoms with Gasteiger partial charge in [-0.1, -0.05) is 0 Å². The smallest absolute Gasteiger partial charge is 0.329 e. The summed E-state index contributed by atoms with van der Waals surface area (Å²) in [6.45, 7) is 2.16. The van der Waals surface area contributed by atoms with Crippen molar-refractivity contribution < 1.29 is 4.92 Å². The number of aromatic nitrogens is 2. The number of hydrogen-bond donors (Lipinski definition) is 2. The van der Waals surface area contributed by atoms with Crippen LogP contribution in [0.5, 0.6) is 0 Å². The second kappa shape index (κ2) is 4.61. The molecule has 19 heavy (non-hydrogen) atoms. The van der Waals surface area contributed by atoms with Gasteiger partial charge in [0.25, 0.3) is 0 Å². The van der Waals surface area contributed by atoms with Crippen LogP contribution in [-0.2, 0) is 0 Å². The zero-order chi connectivity index (χ0) is 13.4. The Hall–Kier alpha value is -1.96. The summed E-state index contributed by atoms with van der Waals surface area (Å²) in [6.07, 6.45) is 4.46. The number of rotatable bonds is 3. The van der Waals surface area contributed by atoms with E-state index in [1.165, 1.54) is 6.42 Å². The Labute approximate surface area is 110 Å². The number of nitrogens with two attached hydrogens (primary N) is 1. The maximum atomic E-state index is 11.0. The fourth-order valence-electron chi connectivity index (χ4n) is 3.06. The monoisotopic (exact) mass is 264 g/mol. The molecule has 8 heteroatoms. The Morgan fingerprint density at radius 2 is 2.32 bits per heavy atom. The van der Waals surface area contributed by atoms with Crippen molar-refractivity contribution in [2.45, 2.75) is 31.3 Å². The van der Waals surface area contributed by atoms with Crippen LogP contribution in [0.2, 0.25) is 0 Å². The molecule has 0 bridgehead atoms. The van der Waals surface area contributed by atoms with Crippen LogP contribution in [0.25, 0.3) is 0 Å². The molecule has 102 valence electrons. The molecule has 0 saturated carbocycles.